The molecule has 0 aromatic heterocycles. The van der Waals surface area contributed by atoms with Crippen molar-refractivity contribution >= 4 is 15.9 Å². The van der Waals surface area contributed by atoms with E-state index >= 15 is 0 Å². The Labute approximate surface area is 143 Å². The van der Waals surface area contributed by atoms with Crippen molar-refractivity contribution in [3.05, 3.63) is 0 Å². The van der Waals surface area contributed by atoms with Gasteiger partial charge in [-0.2, -0.15) is 0 Å². The van der Waals surface area contributed by atoms with Crippen molar-refractivity contribution in [3.63, 3.8) is 0 Å². The topological polar surface area (TPSA) is 65.0 Å². The average molecular weight is 369 g/mol. The summed E-state index contributed by atoms with van der Waals surface area (Å²) in [5, 5.41) is 10.6. The summed E-state index contributed by atoms with van der Waals surface area (Å²) < 4.78 is 29.8. The highest BCUT2D eigenvalue weighted by atomic mass is 31.2. The van der Waals surface area contributed by atoms with Crippen LogP contribution in [0, 0.1) is 0 Å². The number of aliphatic hydroxyl groups excluding tert-OH is 1. The first-order valence-corrected chi connectivity index (χ1v) is 12.5. The smallest absolute Gasteiger partial charge is 0.361 e. The highest BCUT2D eigenvalue weighted by molar-refractivity contribution is 7.54. The van der Waals surface area contributed by atoms with Gasteiger partial charge in [-0.25, -0.2) is 0 Å². The molecule has 0 saturated carbocycles. The first-order valence-electron chi connectivity index (χ1n) is 8.74. The Morgan fingerprint density at radius 3 is 1.48 bits per heavy atom. The quantitative estimate of drug-likeness (QED) is 0.403. The Kier molecular flexibility index (Phi) is 9.81. The van der Waals surface area contributed by atoms with Gasteiger partial charge in [0.1, 0.15) is 0 Å². The van der Waals surface area contributed by atoms with E-state index in [4.69, 9.17) is 13.5 Å². The second-order valence-corrected chi connectivity index (χ2v) is 14.5. The predicted molar refractivity (Wildman–Crippen MR) is 98.5 cm³/mol. The molecule has 0 aliphatic heterocycles. The Balaban J connectivity index is 5.48. The molecule has 0 aliphatic carbocycles. The van der Waals surface area contributed by atoms with Gasteiger partial charge in [-0.15, -0.1) is 0 Å². The lowest BCUT2D eigenvalue weighted by Crippen LogP contribution is -2.51. The third-order valence-electron chi connectivity index (χ3n) is 4.46. The minimum atomic E-state index is -3.59. The molecule has 0 amide bonds. The van der Waals surface area contributed by atoms with E-state index in [1.54, 1.807) is 20.8 Å². The summed E-state index contributed by atoms with van der Waals surface area (Å²) in [5.41, 5.74) is 1.15. The molecule has 0 aliphatic rings. The fourth-order valence-corrected chi connectivity index (χ4v) is 11.0. The Morgan fingerprint density at radius 2 is 1.22 bits per heavy atom. The highest BCUT2D eigenvalue weighted by Gasteiger charge is 2.49. The van der Waals surface area contributed by atoms with Gasteiger partial charge in [0.25, 0.3) is 0 Å². The fraction of sp³-hybridized carbons (Fsp3) is 1.00. The van der Waals surface area contributed by atoms with Crippen LogP contribution in [0.5, 0.6) is 0 Å². The van der Waals surface area contributed by atoms with Crippen LogP contribution in [0.2, 0.25) is 16.6 Å². The number of hydrogen-bond donors (Lipinski definition) is 1. The summed E-state index contributed by atoms with van der Waals surface area (Å²) in [5.74, 6) is -1.27. The third-order valence-corrected chi connectivity index (χ3v) is 13.0. The van der Waals surface area contributed by atoms with Gasteiger partial charge >= 0.3 is 7.60 Å². The van der Waals surface area contributed by atoms with Crippen LogP contribution in [-0.2, 0) is 18.0 Å². The Hall–Kier alpha value is 0.287. The van der Waals surface area contributed by atoms with Crippen LogP contribution in [0.3, 0.4) is 0 Å². The van der Waals surface area contributed by atoms with Gasteiger partial charge in [0, 0.05) is 0 Å². The minimum absolute atomic E-state index is 0.224. The lowest BCUT2D eigenvalue weighted by molar-refractivity contribution is 0.0553. The number of rotatable bonds is 11. The molecule has 0 bridgehead atoms. The normalized spacial score (nSPS) is 16.4. The molecule has 2 atom stereocenters. The van der Waals surface area contributed by atoms with Crippen LogP contribution in [0.1, 0.15) is 62.3 Å². The van der Waals surface area contributed by atoms with Crippen molar-refractivity contribution in [1.82, 2.24) is 0 Å². The first kappa shape index (κ1) is 23.3. The summed E-state index contributed by atoms with van der Waals surface area (Å²) >= 11 is 0. The maximum absolute atomic E-state index is 12.8. The zero-order chi connectivity index (χ0) is 18.4. The van der Waals surface area contributed by atoms with E-state index in [2.05, 4.69) is 41.5 Å². The summed E-state index contributed by atoms with van der Waals surface area (Å²) in [6.07, 6.45) is -0.599. The molecular formula is C16H37O5PSi. The van der Waals surface area contributed by atoms with E-state index in [0.717, 1.165) is 0 Å². The van der Waals surface area contributed by atoms with Crippen LogP contribution in [0.25, 0.3) is 0 Å². The number of aliphatic hydroxyl groups is 1. The SMILES string of the molecule is CCOP(=O)(OCC)[C@H](O)[C@H](C)O[Si](C(C)C)(C(C)C)C(C)C. The molecule has 0 saturated heterocycles. The van der Waals surface area contributed by atoms with E-state index in [0.29, 0.717) is 16.6 Å². The van der Waals surface area contributed by atoms with Gasteiger partial charge < -0.3 is 18.6 Å². The van der Waals surface area contributed by atoms with E-state index in [-0.39, 0.29) is 13.2 Å². The number of hydrogen-bond acceptors (Lipinski definition) is 5. The third kappa shape index (κ3) is 5.38. The van der Waals surface area contributed by atoms with Gasteiger partial charge in [0.05, 0.1) is 19.3 Å². The van der Waals surface area contributed by atoms with E-state index in [9.17, 15) is 9.67 Å². The van der Waals surface area contributed by atoms with E-state index in [1.807, 2.05) is 0 Å². The molecule has 140 valence electrons. The van der Waals surface area contributed by atoms with Crippen LogP contribution in [0.4, 0.5) is 0 Å². The molecule has 0 heterocycles. The molecule has 0 fully saturated rings. The molecule has 0 aromatic rings. The maximum Gasteiger partial charge on any atom is 0.361 e. The summed E-state index contributed by atoms with van der Waals surface area (Å²) in [6.45, 7) is 18.7. The van der Waals surface area contributed by atoms with Crippen molar-refractivity contribution in [3.8, 4) is 0 Å². The fourth-order valence-electron chi connectivity index (χ4n) is 3.60. The summed E-state index contributed by atoms with van der Waals surface area (Å²) in [6, 6.07) is 0. The van der Waals surface area contributed by atoms with Crippen LogP contribution >= 0.6 is 7.60 Å². The standard InChI is InChI=1S/C16H37O5PSi/c1-10-19-22(18,20-11-2)16(17)15(9)21-23(12(3)4,13(5)6)14(7)8/h12-17H,10-11H2,1-9H3/t15-,16-/m0/s1. The van der Waals surface area contributed by atoms with E-state index in [1.165, 1.54) is 0 Å². The lowest BCUT2D eigenvalue weighted by atomic mass is 10.4. The van der Waals surface area contributed by atoms with Crippen LogP contribution in [-0.4, -0.2) is 38.6 Å². The molecule has 23 heavy (non-hydrogen) atoms. The molecule has 0 unspecified atom stereocenters. The van der Waals surface area contributed by atoms with Crippen molar-refractivity contribution < 1.29 is 23.1 Å². The van der Waals surface area contributed by atoms with Crippen LogP contribution in [0.15, 0.2) is 0 Å². The summed E-state index contributed by atoms with van der Waals surface area (Å²) in [4.78, 5) is 0. The second kappa shape index (κ2) is 9.69. The van der Waals surface area contributed by atoms with Crippen molar-refractivity contribution in [2.24, 2.45) is 0 Å². The van der Waals surface area contributed by atoms with Gasteiger partial charge in [0.15, 0.2) is 5.85 Å². The van der Waals surface area contributed by atoms with Crippen molar-refractivity contribution in [1.29, 1.82) is 0 Å². The molecule has 1 N–H and O–H groups in total. The van der Waals surface area contributed by atoms with E-state index < -0.39 is 27.9 Å². The van der Waals surface area contributed by atoms with Gasteiger partial charge in [0.2, 0.25) is 8.32 Å². The zero-order valence-corrected chi connectivity index (χ0v) is 18.2. The largest absolute Gasteiger partial charge is 0.410 e. The second-order valence-electron chi connectivity index (χ2n) is 6.93. The maximum atomic E-state index is 12.8. The van der Waals surface area contributed by atoms with Crippen LogP contribution < -0.4 is 0 Å². The van der Waals surface area contributed by atoms with Gasteiger partial charge in [-0.05, 0) is 37.4 Å². The minimum Gasteiger partial charge on any atom is -0.410 e. The monoisotopic (exact) mass is 368 g/mol. The van der Waals surface area contributed by atoms with Gasteiger partial charge in [-0.3, -0.25) is 4.57 Å². The van der Waals surface area contributed by atoms with Crippen molar-refractivity contribution in [2.45, 2.75) is 90.9 Å². The lowest BCUT2D eigenvalue weighted by Gasteiger charge is -2.45. The summed E-state index contributed by atoms with van der Waals surface area (Å²) in [7, 11) is -5.76. The van der Waals surface area contributed by atoms with Gasteiger partial charge in [-0.1, -0.05) is 41.5 Å². The predicted octanol–water partition coefficient (Wildman–Crippen LogP) is 5.15. The molecule has 5 nitrogen and oxygen atoms in total. The molecule has 0 spiro atoms. The van der Waals surface area contributed by atoms with Crippen molar-refractivity contribution in [2.75, 3.05) is 13.2 Å². The molecular weight excluding hydrogens is 331 g/mol. The zero-order valence-electron chi connectivity index (χ0n) is 16.3. The Bertz CT molecular complexity index is 355. The molecule has 0 radical (unpaired) electrons. The molecule has 0 rings (SSSR count). The highest BCUT2D eigenvalue weighted by Crippen LogP contribution is 2.54. The first-order chi connectivity index (χ1) is 10.5. The Morgan fingerprint density at radius 1 is 0.870 bits per heavy atom. The molecule has 7 heteroatoms. The average Bonchev–Trinajstić information content (AvgIpc) is 2.42. The molecule has 0 aromatic carbocycles.